The fourth-order valence-electron chi connectivity index (χ4n) is 2.87. The molecule has 0 amide bonds. The molecule has 0 spiro atoms. The minimum absolute atomic E-state index is 0.0180. The van der Waals surface area contributed by atoms with E-state index in [4.69, 9.17) is 0 Å². The summed E-state index contributed by atoms with van der Waals surface area (Å²) in [6.45, 7) is 8.58. The van der Waals surface area contributed by atoms with Crippen molar-refractivity contribution in [3.05, 3.63) is 33.9 Å². The lowest BCUT2D eigenvalue weighted by molar-refractivity contribution is 0.529. The van der Waals surface area contributed by atoms with Crippen molar-refractivity contribution in [1.82, 2.24) is 19.9 Å². The number of aryl methyl sites for hydroxylation is 1. The fraction of sp³-hybridized carbons (Fsp3) is 0.625. The largest absolute Gasteiger partial charge is 0.316 e. The minimum atomic E-state index is -0.0185. The second-order valence-electron chi connectivity index (χ2n) is 7.10. The van der Waals surface area contributed by atoms with E-state index in [1.807, 2.05) is 6.07 Å². The van der Waals surface area contributed by atoms with Gasteiger partial charge in [-0.2, -0.15) is 0 Å². The monoisotopic (exact) mass is 288 g/mol. The van der Waals surface area contributed by atoms with Crippen LogP contribution in [0.5, 0.6) is 0 Å². The molecule has 1 aliphatic rings. The lowest BCUT2D eigenvalue weighted by Crippen LogP contribution is -2.18. The second-order valence-corrected chi connectivity index (χ2v) is 7.10. The summed E-state index contributed by atoms with van der Waals surface area (Å²) in [5, 5.41) is 6.54. The van der Waals surface area contributed by atoms with Crippen molar-refractivity contribution < 1.29 is 0 Å². The van der Waals surface area contributed by atoms with Gasteiger partial charge in [-0.3, -0.25) is 9.89 Å². The van der Waals surface area contributed by atoms with Gasteiger partial charge in [-0.05, 0) is 38.3 Å². The molecule has 114 valence electrons. The second kappa shape index (κ2) is 5.30. The van der Waals surface area contributed by atoms with Crippen molar-refractivity contribution >= 4 is 5.65 Å². The van der Waals surface area contributed by atoms with Crippen LogP contribution in [0.2, 0.25) is 0 Å². The third-order valence-electron chi connectivity index (χ3n) is 4.28. The molecule has 3 rings (SSSR count). The Morgan fingerprint density at radius 1 is 1.38 bits per heavy atom. The van der Waals surface area contributed by atoms with E-state index in [1.165, 1.54) is 6.42 Å². The number of hydrogen-bond acceptors (Lipinski definition) is 3. The number of H-pyrrole nitrogens is 1. The number of aromatic amines is 1. The van der Waals surface area contributed by atoms with Crippen LogP contribution in [0.4, 0.5) is 0 Å². The van der Waals surface area contributed by atoms with Gasteiger partial charge in [0.05, 0.1) is 0 Å². The van der Waals surface area contributed by atoms with Crippen molar-refractivity contribution in [2.24, 2.45) is 5.92 Å². The van der Waals surface area contributed by atoms with Crippen LogP contribution in [0.3, 0.4) is 0 Å². The van der Waals surface area contributed by atoms with E-state index < -0.39 is 0 Å². The maximum Gasteiger partial charge on any atom is 0.272 e. The van der Waals surface area contributed by atoms with Crippen LogP contribution >= 0.6 is 0 Å². The minimum Gasteiger partial charge on any atom is -0.316 e. The molecule has 0 aliphatic carbocycles. The van der Waals surface area contributed by atoms with Crippen molar-refractivity contribution in [2.45, 2.75) is 45.4 Å². The number of fused-ring (bicyclic) bond motifs is 1. The van der Waals surface area contributed by atoms with E-state index in [1.54, 1.807) is 10.6 Å². The summed E-state index contributed by atoms with van der Waals surface area (Å²) in [6.07, 6.45) is 3.22. The van der Waals surface area contributed by atoms with Crippen LogP contribution in [0.15, 0.2) is 16.9 Å². The Balaban J connectivity index is 1.85. The molecular formula is C16H24N4O. The highest BCUT2D eigenvalue weighted by Gasteiger charge is 2.18. The topological polar surface area (TPSA) is 62.2 Å². The standard InChI is InChI=1S/C16H24N4O/c1-16(2,3)13-9-14-18-12(8-15(21)20(14)19-13)5-4-11-6-7-17-10-11/h8-9,11,17,19H,4-7,10H2,1-3H3. The van der Waals surface area contributed by atoms with E-state index >= 15 is 0 Å². The van der Waals surface area contributed by atoms with Crippen molar-refractivity contribution in [2.75, 3.05) is 13.1 Å². The molecule has 5 heteroatoms. The first-order valence-electron chi connectivity index (χ1n) is 7.76. The molecule has 2 aromatic heterocycles. The molecule has 1 aliphatic heterocycles. The molecule has 1 unspecified atom stereocenters. The van der Waals surface area contributed by atoms with Crippen LogP contribution in [-0.2, 0) is 11.8 Å². The average molecular weight is 288 g/mol. The molecule has 3 heterocycles. The van der Waals surface area contributed by atoms with E-state index in [2.05, 4.69) is 36.2 Å². The molecular weight excluding hydrogens is 264 g/mol. The Morgan fingerprint density at radius 2 is 2.19 bits per heavy atom. The number of rotatable bonds is 3. The highest BCUT2D eigenvalue weighted by Crippen LogP contribution is 2.21. The lowest BCUT2D eigenvalue weighted by Gasteiger charge is -2.14. The summed E-state index contributed by atoms with van der Waals surface area (Å²) in [6, 6.07) is 3.65. The molecule has 0 radical (unpaired) electrons. The maximum atomic E-state index is 12.2. The maximum absolute atomic E-state index is 12.2. The third-order valence-corrected chi connectivity index (χ3v) is 4.28. The molecule has 0 saturated carbocycles. The molecule has 1 fully saturated rings. The molecule has 21 heavy (non-hydrogen) atoms. The zero-order valence-corrected chi connectivity index (χ0v) is 13.1. The number of aromatic nitrogens is 3. The van der Waals surface area contributed by atoms with Crippen LogP contribution in [-0.4, -0.2) is 27.7 Å². The SMILES string of the molecule is CC(C)(C)c1cc2nc(CCC3CCNC3)cc(=O)n2[nH]1. The molecule has 1 atom stereocenters. The Bertz CT molecular complexity index is 686. The zero-order valence-electron chi connectivity index (χ0n) is 13.1. The van der Waals surface area contributed by atoms with Crippen LogP contribution in [0, 0.1) is 5.92 Å². The van der Waals surface area contributed by atoms with Gasteiger partial charge in [0, 0.05) is 28.9 Å². The molecule has 5 nitrogen and oxygen atoms in total. The smallest absolute Gasteiger partial charge is 0.272 e. The van der Waals surface area contributed by atoms with Crippen LogP contribution in [0.1, 0.15) is 45.0 Å². The highest BCUT2D eigenvalue weighted by molar-refractivity contribution is 5.41. The summed E-state index contributed by atoms with van der Waals surface area (Å²) in [4.78, 5) is 16.9. The first kappa shape index (κ1) is 14.3. The predicted octanol–water partition coefficient (Wildman–Crippen LogP) is 1.86. The first-order valence-corrected chi connectivity index (χ1v) is 7.76. The van der Waals surface area contributed by atoms with E-state index in [0.29, 0.717) is 0 Å². The molecule has 0 bridgehead atoms. The van der Waals surface area contributed by atoms with E-state index in [9.17, 15) is 4.79 Å². The Morgan fingerprint density at radius 3 is 2.86 bits per heavy atom. The van der Waals surface area contributed by atoms with Gasteiger partial charge in [-0.25, -0.2) is 9.50 Å². The number of nitrogens with one attached hydrogen (secondary N) is 2. The van der Waals surface area contributed by atoms with Crippen LogP contribution in [0.25, 0.3) is 5.65 Å². The van der Waals surface area contributed by atoms with Gasteiger partial charge in [0.25, 0.3) is 5.56 Å². The Kier molecular flexibility index (Phi) is 3.61. The summed E-state index contributed by atoms with van der Waals surface area (Å²) in [5.74, 6) is 0.724. The van der Waals surface area contributed by atoms with E-state index in [-0.39, 0.29) is 11.0 Å². The Labute approximate surface area is 124 Å². The third kappa shape index (κ3) is 3.02. The Hall–Kier alpha value is -1.62. The summed E-state index contributed by atoms with van der Waals surface area (Å²) >= 11 is 0. The number of hydrogen-bond donors (Lipinski definition) is 2. The molecule has 1 saturated heterocycles. The number of nitrogens with zero attached hydrogens (tertiary/aromatic N) is 2. The zero-order chi connectivity index (χ0) is 15.0. The quantitative estimate of drug-likeness (QED) is 0.906. The van der Waals surface area contributed by atoms with Gasteiger partial charge in [0.2, 0.25) is 0 Å². The van der Waals surface area contributed by atoms with Crippen molar-refractivity contribution in [3.63, 3.8) is 0 Å². The molecule has 0 aromatic carbocycles. The fourth-order valence-corrected chi connectivity index (χ4v) is 2.87. The van der Waals surface area contributed by atoms with Gasteiger partial charge < -0.3 is 5.32 Å². The molecule has 2 N–H and O–H groups in total. The van der Waals surface area contributed by atoms with Gasteiger partial charge >= 0.3 is 0 Å². The summed E-state index contributed by atoms with van der Waals surface area (Å²) in [7, 11) is 0. The average Bonchev–Trinajstić information content (AvgIpc) is 3.04. The van der Waals surface area contributed by atoms with Crippen molar-refractivity contribution in [3.8, 4) is 0 Å². The highest BCUT2D eigenvalue weighted by atomic mass is 16.1. The van der Waals surface area contributed by atoms with Gasteiger partial charge in [-0.1, -0.05) is 20.8 Å². The first-order chi connectivity index (χ1) is 9.93. The molecule has 2 aromatic rings. The van der Waals surface area contributed by atoms with Gasteiger partial charge in [-0.15, -0.1) is 0 Å². The van der Waals surface area contributed by atoms with E-state index in [0.717, 1.165) is 48.9 Å². The van der Waals surface area contributed by atoms with Gasteiger partial charge in [0.15, 0.2) is 5.65 Å². The normalized spacial score (nSPS) is 19.5. The predicted molar refractivity (Wildman–Crippen MR) is 83.8 cm³/mol. The summed E-state index contributed by atoms with van der Waals surface area (Å²) in [5.41, 5.74) is 2.63. The van der Waals surface area contributed by atoms with Gasteiger partial charge in [0.1, 0.15) is 0 Å². The lowest BCUT2D eigenvalue weighted by atomic mass is 9.93. The van der Waals surface area contributed by atoms with Crippen LogP contribution < -0.4 is 10.9 Å². The summed E-state index contributed by atoms with van der Waals surface area (Å²) < 4.78 is 1.54. The van der Waals surface area contributed by atoms with Crippen molar-refractivity contribution in [1.29, 1.82) is 0 Å².